The average molecular weight is 199 g/mol. The minimum Gasteiger partial charge on any atom is -0.384 e. The molecule has 1 aliphatic heterocycles. The van der Waals surface area contributed by atoms with Crippen molar-refractivity contribution in [3.63, 3.8) is 0 Å². The molecule has 1 aromatic heterocycles. The number of benzene rings is 1. The van der Waals surface area contributed by atoms with Gasteiger partial charge in [-0.1, -0.05) is 18.2 Å². The lowest BCUT2D eigenvalue weighted by Gasteiger charge is -1.94. The molecule has 1 aliphatic rings. The fraction of sp³-hybridized carbons (Fsp3) is 0.167. The van der Waals surface area contributed by atoms with Crippen LogP contribution in [-0.4, -0.2) is 16.5 Å². The highest BCUT2D eigenvalue weighted by molar-refractivity contribution is 5.54. The predicted molar refractivity (Wildman–Crippen MR) is 60.7 cm³/mol. The van der Waals surface area contributed by atoms with E-state index in [1.165, 1.54) is 24.0 Å². The van der Waals surface area contributed by atoms with Gasteiger partial charge in [-0.2, -0.15) is 0 Å². The van der Waals surface area contributed by atoms with E-state index in [1.54, 1.807) is 18.5 Å². The van der Waals surface area contributed by atoms with E-state index in [-0.39, 0.29) is 0 Å². The Morgan fingerprint density at radius 3 is 2.40 bits per heavy atom. The molecular formula is C12H13N3. The molecule has 3 nitrogen and oxygen atoms in total. The maximum absolute atomic E-state index is 3.67. The van der Waals surface area contributed by atoms with Crippen molar-refractivity contribution < 1.29 is 0 Å². The highest BCUT2D eigenvalue weighted by atomic mass is 14.9. The van der Waals surface area contributed by atoms with Gasteiger partial charge >= 0.3 is 0 Å². The third-order valence-electron chi connectivity index (χ3n) is 2.20. The van der Waals surface area contributed by atoms with E-state index in [1.807, 2.05) is 0 Å². The van der Waals surface area contributed by atoms with Crippen LogP contribution in [-0.2, 0) is 6.42 Å². The third kappa shape index (κ3) is 2.77. The summed E-state index contributed by atoms with van der Waals surface area (Å²) < 4.78 is 0. The van der Waals surface area contributed by atoms with Gasteiger partial charge in [-0.3, -0.25) is 0 Å². The first kappa shape index (κ1) is 9.65. The van der Waals surface area contributed by atoms with Gasteiger partial charge in [0.15, 0.2) is 0 Å². The van der Waals surface area contributed by atoms with Gasteiger partial charge in [0, 0.05) is 24.6 Å². The Hall–Kier alpha value is -1.90. The van der Waals surface area contributed by atoms with Gasteiger partial charge in [-0.25, -0.2) is 9.97 Å². The number of para-hydroxylation sites is 1. The molecule has 0 aliphatic carbocycles. The Balaban J connectivity index is 0.000000124. The molecule has 0 saturated heterocycles. The van der Waals surface area contributed by atoms with Crippen LogP contribution in [0.25, 0.3) is 0 Å². The number of aromatic nitrogens is 2. The van der Waals surface area contributed by atoms with Crippen molar-refractivity contribution in [2.45, 2.75) is 6.42 Å². The molecule has 3 rings (SSSR count). The molecule has 3 heteroatoms. The molecule has 0 atom stereocenters. The largest absolute Gasteiger partial charge is 0.384 e. The van der Waals surface area contributed by atoms with Crippen molar-refractivity contribution >= 4 is 5.69 Å². The monoisotopic (exact) mass is 199 g/mol. The summed E-state index contributed by atoms with van der Waals surface area (Å²) in [5.41, 5.74) is 2.77. The van der Waals surface area contributed by atoms with Crippen LogP contribution in [0, 0.1) is 0 Å². The summed E-state index contributed by atoms with van der Waals surface area (Å²) in [4.78, 5) is 7.35. The molecule has 0 spiro atoms. The highest BCUT2D eigenvalue weighted by Gasteiger charge is 2.05. The quantitative estimate of drug-likeness (QED) is 0.706. The summed E-state index contributed by atoms with van der Waals surface area (Å²) in [6.45, 7) is 1.11. The summed E-state index contributed by atoms with van der Waals surface area (Å²) in [6, 6.07) is 10.2. The van der Waals surface area contributed by atoms with Gasteiger partial charge in [-0.15, -0.1) is 0 Å². The minimum absolute atomic E-state index is 1.11. The first-order chi connectivity index (χ1) is 7.47. The number of fused-ring (bicyclic) bond motifs is 1. The second-order valence-electron chi connectivity index (χ2n) is 3.24. The number of rotatable bonds is 0. The molecule has 2 heterocycles. The highest BCUT2D eigenvalue weighted by Crippen LogP contribution is 2.19. The Labute approximate surface area is 89.2 Å². The first-order valence-electron chi connectivity index (χ1n) is 4.98. The van der Waals surface area contributed by atoms with E-state index >= 15 is 0 Å². The summed E-state index contributed by atoms with van der Waals surface area (Å²) >= 11 is 0. The third-order valence-corrected chi connectivity index (χ3v) is 2.20. The fourth-order valence-electron chi connectivity index (χ4n) is 1.50. The maximum atomic E-state index is 3.67. The van der Waals surface area contributed by atoms with E-state index in [0.29, 0.717) is 0 Å². The zero-order chi connectivity index (χ0) is 10.3. The Morgan fingerprint density at radius 1 is 1.00 bits per heavy atom. The van der Waals surface area contributed by atoms with Crippen molar-refractivity contribution in [2.24, 2.45) is 0 Å². The zero-order valence-corrected chi connectivity index (χ0v) is 8.43. The lowest BCUT2D eigenvalue weighted by Crippen LogP contribution is -1.90. The molecule has 1 aromatic carbocycles. The van der Waals surface area contributed by atoms with E-state index < -0.39 is 0 Å². The normalized spacial score (nSPS) is 12.0. The van der Waals surface area contributed by atoms with Crippen molar-refractivity contribution in [3.8, 4) is 0 Å². The Morgan fingerprint density at radius 2 is 1.80 bits per heavy atom. The Kier molecular flexibility index (Phi) is 3.28. The molecule has 76 valence electrons. The SMILES string of the molecule is c1ccc2c(c1)CCN2.c1cncnc1. The lowest BCUT2D eigenvalue weighted by molar-refractivity contribution is 1.11. The van der Waals surface area contributed by atoms with Crippen molar-refractivity contribution in [3.05, 3.63) is 54.6 Å². The van der Waals surface area contributed by atoms with Crippen LogP contribution in [0.15, 0.2) is 49.1 Å². The van der Waals surface area contributed by atoms with Crippen LogP contribution in [0.4, 0.5) is 5.69 Å². The van der Waals surface area contributed by atoms with Gasteiger partial charge < -0.3 is 5.32 Å². The van der Waals surface area contributed by atoms with Gasteiger partial charge in [0.05, 0.1) is 0 Å². The molecule has 0 fully saturated rings. The number of hydrogen-bond acceptors (Lipinski definition) is 3. The number of hydrogen-bond donors (Lipinski definition) is 1. The van der Waals surface area contributed by atoms with Gasteiger partial charge in [-0.05, 0) is 24.1 Å². The van der Waals surface area contributed by atoms with E-state index in [9.17, 15) is 0 Å². The summed E-state index contributed by atoms with van der Waals surface area (Å²) in [7, 11) is 0. The van der Waals surface area contributed by atoms with Crippen LogP contribution in [0.2, 0.25) is 0 Å². The first-order valence-corrected chi connectivity index (χ1v) is 4.98. The van der Waals surface area contributed by atoms with Crippen molar-refractivity contribution in [1.29, 1.82) is 0 Å². The predicted octanol–water partition coefficient (Wildman–Crippen LogP) is 2.13. The van der Waals surface area contributed by atoms with Gasteiger partial charge in [0.1, 0.15) is 6.33 Å². The van der Waals surface area contributed by atoms with Crippen LogP contribution in [0.5, 0.6) is 0 Å². The maximum Gasteiger partial charge on any atom is 0.115 e. The molecule has 1 N–H and O–H groups in total. The topological polar surface area (TPSA) is 37.8 Å². The molecular weight excluding hydrogens is 186 g/mol. The molecule has 2 aromatic rings. The van der Waals surface area contributed by atoms with Crippen LogP contribution < -0.4 is 5.32 Å². The average Bonchev–Trinajstić information content (AvgIpc) is 2.80. The number of nitrogens with one attached hydrogen (secondary N) is 1. The molecule has 0 radical (unpaired) electrons. The Bertz CT molecular complexity index is 351. The van der Waals surface area contributed by atoms with Crippen LogP contribution in [0.3, 0.4) is 0 Å². The van der Waals surface area contributed by atoms with E-state index in [0.717, 1.165) is 6.54 Å². The second-order valence-corrected chi connectivity index (χ2v) is 3.24. The minimum atomic E-state index is 1.11. The van der Waals surface area contributed by atoms with Gasteiger partial charge in [0.2, 0.25) is 0 Å². The molecule has 0 saturated carbocycles. The van der Waals surface area contributed by atoms with Crippen molar-refractivity contribution in [1.82, 2.24) is 9.97 Å². The van der Waals surface area contributed by atoms with Crippen molar-refractivity contribution in [2.75, 3.05) is 11.9 Å². The smallest absolute Gasteiger partial charge is 0.115 e. The standard InChI is InChI=1S/C8H9N.C4H4N2/c1-2-4-8-7(3-1)5-6-9-8;1-2-5-4-6-3-1/h1-4,9H,5-6H2;1-4H. The van der Waals surface area contributed by atoms with Crippen LogP contribution in [0.1, 0.15) is 5.56 Å². The summed E-state index contributed by atoms with van der Waals surface area (Å²) in [5.74, 6) is 0. The van der Waals surface area contributed by atoms with E-state index in [4.69, 9.17) is 0 Å². The molecule has 15 heavy (non-hydrogen) atoms. The molecule has 0 unspecified atom stereocenters. The van der Waals surface area contributed by atoms with Crippen LogP contribution >= 0.6 is 0 Å². The summed E-state index contributed by atoms with van der Waals surface area (Å²) in [6.07, 6.45) is 6.07. The number of nitrogens with zero attached hydrogens (tertiary/aromatic N) is 2. The molecule has 0 bridgehead atoms. The van der Waals surface area contributed by atoms with Gasteiger partial charge in [0.25, 0.3) is 0 Å². The molecule has 0 amide bonds. The zero-order valence-electron chi connectivity index (χ0n) is 8.43. The lowest BCUT2D eigenvalue weighted by atomic mass is 10.2. The fourth-order valence-corrected chi connectivity index (χ4v) is 1.50. The summed E-state index contributed by atoms with van der Waals surface area (Å²) in [5, 5.41) is 3.30. The number of anilines is 1. The second kappa shape index (κ2) is 5.10. The van der Waals surface area contributed by atoms with E-state index in [2.05, 4.69) is 39.6 Å².